The molecule has 152 valence electrons. The van der Waals surface area contributed by atoms with E-state index in [4.69, 9.17) is 16.3 Å². The van der Waals surface area contributed by atoms with E-state index >= 15 is 0 Å². The molecule has 1 aliphatic carbocycles. The van der Waals surface area contributed by atoms with Gasteiger partial charge in [-0.05, 0) is 62.1 Å². The number of likely N-dealkylation sites (tertiary alicyclic amines) is 1. The average molecular weight is 403 g/mol. The number of benzene rings is 2. The molecule has 1 aliphatic heterocycles. The van der Waals surface area contributed by atoms with Gasteiger partial charge < -0.3 is 15.2 Å². The summed E-state index contributed by atoms with van der Waals surface area (Å²) in [5.41, 5.74) is 1.26. The number of piperidine rings is 1. The lowest BCUT2D eigenvalue weighted by atomic mass is 10.0. The first kappa shape index (κ1) is 20.0. The Bertz CT molecular complexity index is 807. The lowest BCUT2D eigenvalue weighted by molar-refractivity contribution is 0.153. The van der Waals surface area contributed by atoms with Gasteiger partial charge in [0.2, 0.25) is 0 Å². The van der Waals surface area contributed by atoms with Crippen LogP contribution in [0.1, 0.15) is 38.2 Å². The number of nitrogens with zero attached hydrogens (tertiary/aromatic N) is 1. The molecule has 1 saturated carbocycles. The van der Waals surface area contributed by atoms with E-state index in [-0.39, 0.29) is 6.10 Å². The van der Waals surface area contributed by atoms with E-state index in [1.54, 1.807) is 0 Å². The number of aliphatic hydroxyl groups excluding tert-OH is 1. The summed E-state index contributed by atoms with van der Waals surface area (Å²) < 4.78 is 6.11. The van der Waals surface area contributed by atoms with Gasteiger partial charge in [0, 0.05) is 31.1 Å². The largest absolute Gasteiger partial charge is 0.491 e. The van der Waals surface area contributed by atoms with Crippen molar-refractivity contribution >= 4 is 22.4 Å². The van der Waals surface area contributed by atoms with Gasteiger partial charge >= 0.3 is 0 Å². The van der Waals surface area contributed by atoms with Gasteiger partial charge in [-0.1, -0.05) is 35.9 Å². The second-order valence-electron chi connectivity index (χ2n) is 8.48. The molecule has 2 N–H and O–H groups in total. The second-order valence-corrected chi connectivity index (χ2v) is 8.89. The summed E-state index contributed by atoms with van der Waals surface area (Å²) in [6, 6.07) is 11.0. The number of fused-ring (bicyclic) bond motifs is 1. The summed E-state index contributed by atoms with van der Waals surface area (Å²) in [7, 11) is 0. The molecule has 0 radical (unpaired) electrons. The SMILES string of the molecule is C[C@@H](O)CN[C@H]1CCCN(Cc2cc(Cl)c(OCC3CC3)c3ccccc23)C1. The molecule has 28 heavy (non-hydrogen) atoms. The van der Waals surface area contributed by atoms with Crippen LogP contribution in [0.15, 0.2) is 30.3 Å². The Morgan fingerprint density at radius 3 is 2.79 bits per heavy atom. The van der Waals surface area contributed by atoms with Crippen molar-refractivity contribution in [3.05, 3.63) is 40.9 Å². The first-order chi connectivity index (χ1) is 13.6. The quantitative estimate of drug-likeness (QED) is 0.694. The normalized spacial score (nSPS) is 21.8. The van der Waals surface area contributed by atoms with Gasteiger partial charge in [0.15, 0.2) is 0 Å². The van der Waals surface area contributed by atoms with Crippen LogP contribution in [0.25, 0.3) is 10.8 Å². The Balaban J connectivity index is 1.51. The third-order valence-electron chi connectivity index (χ3n) is 5.80. The van der Waals surface area contributed by atoms with Gasteiger partial charge in [-0.15, -0.1) is 0 Å². The molecule has 5 heteroatoms. The number of rotatable bonds is 8. The minimum Gasteiger partial charge on any atom is -0.491 e. The summed E-state index contributed by atoms with van der Waals surface area (Å²) in [6.07, 6.45) is 4.57. The zero-order valence-corrected chi connectivity index (χ0v) is 17.4. The van der Waals surface area contributed by atoms with Gasteiger partial charge in [0.1, 0.15) is 5.75 Å². The number of halogens is 1. The van der Waals surface area contributed by atoms with Gasteiger partial charge in [-0.2, -0.15) is 0 Å². The first-order valence-corrected chi connectivity index (χ1v) is 10.9. The fourth-order valence-corrected chi connectivity index (χ4v) is 4.38. The minimum atomic E-state index is -0.304. The lowest BCUT2D eigenvalue weighted by Crippen LogP contribution is -2.46. The van der Waals surface area contributed by atoms with Crippen LogP contribution in [-0.4, -0.2) is 48.4 Å². The summed E-state index contributed by atoms with van der Waals surface area (Å²) in [6.45, 7) is 6.23. The number of nitrogens with one attached hydrogen (secondary N) is 1. The molecular weight excluding hydrogens is 372 g/mol. The van der Waals surface area contributed by atoms with Crippen molar-refractivity contribution in [1.29, 1.82) is 0 Å². The average Bonchev–Trinajstić information content (AvgIpc) is 3.51. The molecule has 2 fully saturated rings. The third kappa shape index (κ3) is 4.98. The Kier molecular flexibility index (Phi) is 6.42. The van der Waals surface area contributed by atoms with Crippen LogP contribution in [-0.2, 0) is 6.54 Å². The van der Waals surface area contributed by atoms with Crippen molar-refractivity contribution in [1.82, 2.24) is 10.2 Å². The molecule has 4 nitrogen and oxygen atoms in total. The minimum absolute atomic E-state index is 0.304. The highest BCUT2D eigenvalue weighted by Gasteiger charge is 2.24. The van der Waals surface area contributed by atoms with Gasteiger partial charge in [0.05, 0.1) is 17.7 Å². The maximum Gasteiger partial charge on any atom is 0.145 e. The molecule has 4 rings (SSSR count). The first-order valence-electron chi connectivity index (χ1n) is 10.6. The van der Waals surface area contributed by atoms with Crippen LogP contribution in [0.5, 0.6) is 5.75 Å². The predicted molar refractivity (Wildman–Crippen MR) is 115 cm³/mol. The fraction of sp³-hybridized carbons (Fsp3) is 0.565. The standard InChI is InChI=1S/C23H31ClN2O2/c1-16(27)12-25-19-5-4-10-26(14-19)13-18-11-22(24)23(28-15-17-8-9-17)21-7-3-2-6-20(18)21/h2-3,6-7,11,16-17,19,25,27H,4-5,8-10,12-15H2,1H3/t16-,19+/m1/s1. The fourth-order valence-electron chi connectivity index (χ4n) is 4.09. The van der Waals surface area contributed by atoms with Crippen molar-refractivity contribution in [2.24, 2.45) is 5.92 Å². The molecule has 2 aromatic carbocycles. The molecule has 1 saturated heterocycles. The van der Waals surface area contributed by atoms with Crippen LogP contribution in [0.2, 0.25) is 5.02 Å². The van der Waals surface area contributed by atoms with E-state index in [2.05, 4.69) is 40.5 Å². The molecule has 0 aromatic heterocycles. The molecule has 0 amide bonds. The summed E-state index contributed by atoms with van der Waals surface area (Å²) in [5.74, 6) is 1.54. The molecule has 0 bridgehead atoms. The van der Waals surface area contributed by atoms with Crippen LogP contribution < -0.4 is 10.1 Å². The number of aliphatic hydroxyl groups is 1. The molecule has 2 aliphatic rings. The maximum absolute atomic E-state index is 9.54. The smallest absolute Gasteiger partial charge is 0.145 e. The number of hydrogen-bond donors (Lipinski definition) is 2. The summed E-state index contributed by atoms with van der Waals surface area (Å²) in [4.78, 5) is 2.49. The van der Waals surface area contributed by atoms with Gasteiger partial charge in [0.25, 0.3) is 0 Å². The van der Waals surface area contributed by atoms with Crippen molar-refractivity contribution in [2.75, 3.05) is 26.2 Å². The van der Waals surface area contributed by atoms with E-state index < -0.39 is 0 Å². The molecule has 1 heterocycles. The lowest BCUT2D eigenvalue weighted by Gasteiger charge is -2.34. The number of hydrogen-bond acceptors (Lipinski definition) is 4. The highest BCUT2D eigenvalue weighted by molar-refractivity contribution is 6.33. The summed E-state index contributed by atoms with van der Waals surface area (Å²) >= 11 is 6.66. The highest BCUT2D eigenvalue weighted by Crippen LogP contribution is 2.38. The van der Waals surface area contributed by atoms with Crippen molar-refractivity contribution < 1.29 is 9.84 Å². The van der Waals surface area contributed by atoms with Crippen molar-refractivity contribution in [3.63, 3.8) is 0 Å². The maximum atomic E-state index is 9.54. The number of ether oxygens (including phenoxy) is 1. The third-order valence-corrected chi connectivity index (χ3v) is 6.08. The van der Waals surface area contributed by atoms with E-state index in [1.165, 1.54) is 36.6 Å². The van der Waals surface area contributed by atoms with Crippen molar-refractivity contribution in [3.8, 4) is 5.75 Å². The Morgan fingerprint density at radius 1 is 1.25 bits per heavy atom. The second kappa shape index (κ2) is 9.00. The van der Waals surface area contributed by atoms with E-state index in [0.29, 0.717) is 18.5 Å². The molecule has 2 aromatic rings. The van der Waals surface area contributed by atoms with E-state index in [1.807, 2.05) is 6.92 Å². The summed E-state index contributed by atoms with van der Waals surface area (Å²) in [5, 5.41) is 16.1. The van der Waals surface area contributed by atoms with Crippen LogP contribution in [0.3, 0.4) is 0 Å². The van der Waals surface area contributed by atoms with Crippen LogP contribution >= 0.6 is 11.6 Å². The molecular formula is C23H31ClN2O2. The van der Waals surface area contributed by atoms with Crippen molar-refractivity contribution in [2.45, 2.75) is 51.3 Å². The Labute approximate surface area is 172 Å². The van der Waals surface area contributed by atoms with Crippen LogP contribution in [0, 0.1) is 5.92 Å². The Hall–Kier alpha value is -1.33. The van der Waals surface area contributed by atoms with E-state index in [0.717, 1.165) is 42.4 Å². The zero-order chi connectivity index (χ0) is 19.5. The van der Waals surface area contributed by atoms with E-state index in [9.17, 15) is 5.11 Å². The van der Waals surface area contributed by atoms with Gasteiger partial charge in [-0.25, -0.2) is 0 Å². The Morgan fingerprint density at radius 2 is 2.04 bits per heavy atom. The zero-order valence-electron chi connectivity index (χ0n) is 16.7. The topological polar surface area (TPSA) is 44.7 Å². The monoisotopic (exact) mass is 402 g/mol. The van der Waals surface area contributed by atoms with Gasteiger partial charge in [-0.3, -0.25) is 4.90 Å². The predicted octanol–water partition coefficient (Wildman–Crippen LogP) is 4.22. The highest BCUT2D eigenvalue weighted by atomic mass is 35.5. The molecule has 0 unspecified atom stereocenters. The molecule has 2 atom stereocenters. The van der Waals surface area contributed by atoms with Crippen LogP contribution in [0.4, 0.5) is 0 Å². The molecule has 0 spiro atoms.